The average Bonchev–Trinajstić information content (AvgIpc) is 2.69. The van der Waals surface area contributed by atoms with Crippen LogP contribution in [0.15, 0.2) is 106 Å². The van der Waals surface area contributed by atoms with Crippen molar-refractivity contribution >= 4 is 16.8 Å². The summed E-state index contributed by atoms with van der Waals surface area (Å²) in [5.74, 6) is 0.0752. The maximum Gasteiger partial charge on any atom is 0.336 e. The van der Waals surface area contributed by atoms with Gasteiger partial charge in [0.05, 0.1) is 0 Å². The van der Waals surface area contributed by atoms with Gasteiger partial charge in [-0.3, -0.25) is 4.79 Å². The lowest BCUT2D eigenvalue weighted by Gasteiger charge is -1.99. The molecule has 3 heteroatoms. The molecular formula is C22H16O3. The molecule has 3 nitrogen and oxygen atoms in total. The Balaban J connectivity index is 0.000000150. The lowest BCUT2D eigenvalue weighted by Crippen LogP contribution is -1.99. The van der Waals surface area contributed by atoms with E-state index in [-0.39, 0.29) is 11.4 Å². The smallest absolute Gasteiger partial charge is 0.336 e. The zero-order chi connectivity index (χ0) is 17.5. The van der Waals surface area contributed by atoms with Gasteiger partial charge in [-0.2, -0.15) is 0 Å². The molecule has 25 heavy (non-hydrogen) atoms. The number of carbonyl (C=O) groups is 1. The monoisotopic (exact) mass is 328 g/mol. The molecule has 0 N–H and O–H groups in total. The van der Waals surface area contributed by atoms with Gasteiger partial charge in [-0.15, -0.1) is 0 Å². The van der Waals surface area contributed by atoms with Crippen molar-refractivity contribution in [3.8, 4) is 0 Å². The molecule has 0 atom stereocenters. The Morgan fingerprint density at radius 3 is 1.72 bits per heavy atom. The normalized spacial score (nSPS) is 9.92. The highest BCUT2D eigenvalue weighted by Crippen LogP contribution is 2.09. The first-order chi connectivity index (χ1) is 12.2. The third-order valence-corrected chi connectivity index (χ3v) is 3.60. The van der Waals surface area contributed by atoms with Gasteiger partial charge >= 0.3 is 5.63 Å². The number of hydrogen-bond acceptors (Lipinski definition) is 3. The van der Waals surface area contributed by atoms with Gasteiger partial charge in [0.1, 0.15) is 5.58 Å². The lowest BCUT2D eigenvalue weighted by atomic mass is 10.0. The molecule has 122 valence electrons. The predicted molar refractivity (Wildman–Crippen MR) is 98.8 cm³/mol. The summed E-state index contributed by atoms with van der Waals surface area (Å²) < 4.78 is 4.91. The topological polar surface area (TPSA) is 47.3 Å². The number of hydrogen-bond donors (Lipinski definition) is 0. The van der Waals surface area contributed by atoms with E-state index in [9.17, 15) is 9.59 Å². The summed E-state index contributed by atoms with van der Waals surface area (Å²) in [5.41, 5.74) is 1.81. The molecule has 0 amide bonds. The molecule has 0 spiro atoms. The van der Waals surface area contributed by atoms with E-state index in [1.807, 2.05) is 78.9 Å². The number of carbonyl (C=O) groups excluding carboxylic acids is 1. The zero-order valence-corrected chi connectivity index (χ0v) is 13.5. The van der Waals surface area contributed by atoms with Gasteiger partial charge in [-0.25, -0.2) is 4.79 Å². The van der Waals surface area contributed by atoms with Crippen LogP contribution in [-0.4, -0.2) is 5.78 Å². The van der Waals surface area contributed by atoms with Gasteiger partial charge in [0.2, 0.25) is 0 Å². The van der Waals surface area contributed by atoms with Crippen molar-refractivity contribution in [2.75, 3.05) is 0 Å². The third kappa shape index (κ3) is 4.30. The molecule has 4 aromatic rings. The molecule has 1 heterocycles. The second kappa shape index (κ2) is 7.88. The Labute approximate surface area is 145 Å². The van der Waals surface area contributed by atoms with Crippen molar-refractivity contribution in [3.05, 3.63) is 119 Å². The van der Waals surface area contributed by atoms with Crippen LogP contribution in [0.1, 0.15) is 15.9 Å². The van der Waals surface area contributed by atoms with Crippen molar-refractivity contribution in [2.24, 2.45) is 0 Å². The van der Waals surface area contributed by atoms with Crippen molar-refractivity contribution in [1.82, 2.24) is 0 Å². The molecule has 0 radical (unpaired) electrons. The molecule has 0 bridgehead atoms. The van der Waals surface area contributed by atoms with Crippen LogP contribution in [0, 0.1) is 0 Å². The first-order valence-electron chi connectivity index (χ1n) is 7.88. The Morgan fingerprint density at radius 1 is 0.600 bits per heavy atom. The summed E-state index contributed by atoms with van der Waals surface area (Å²) in [6.07, 6.45) is 0. The molecule has 0 fully saturated rings. The van der Waals surface area contributed by atoms with E-state index in [1.165, 1.54) is 6.07 Å². The quantitative estimate of drug-likeness (QED) is 0.395. The van der Waals surface area contributed by atoms with E-state index in [4.69, 9.17) is 4.42 Å². The highest BCUT2D eigenvalue weighted by molar-refractivity contribution is 6.08. The summed E-state index contributed by atoms with van der Waals surface area (Å²) in [6.45, 7) is 0. The summed E-state index contributed by atoms with van der Waals surface area (Å²) in [6, 6.07) is 29.2. The summed E-state index contributed by atoms with van der Waals surface area (Å²) >= 11 is 0. The molecule has 0 unspecified atom stereocenters. The first kappa shape index (κ1) is 16.4. The van der Waals surface area contributed by atoms with Gasteiger partial charge < -0.3 is 4.42 Å². The third-order valence-electron chi connectivity index (χ3n) is 3.60. The number of benzene rings is 3. The maximum absolute atomic E-state index is 11.8. The van der Waals surface area contributed by atoms with E-state index in [1.54, 1.807) is 12.1 Å². The largest absolute Gasteiger partial charge is 0.423 e. The second-order valence-corrected chi connectivity index (χ2v) is 5.35. The molecule has 0 saturated heterocycles. The van der Waals surface area contributed by atoms with Gasteiger partial charge in [-0.1, -0.05) is 78.9 Å². The van der Waals surface area contributed by atoms with Crippen LogP contribution in [0.2, 0.25) is 0 Å². The predicted octanol–water partition coefficient (Wildman–Crippen LogP) is 4.71. The van der Waals surface area contributed by atoms with Crippen LogP contribution >= 0.6 is 0 Å². The second-order valence-electron chi connectivity index (χ2n) is 5.35. The van der Waals surface area contributed by atoms with E-state index in [0.717, 1.165) is 16.5 Å². The van der Waals surface area contributed by atoms with Crippen LogP contribution in [0.25, 0.3) is 11.0 Å². The van der Waals surface area contributed by atoms with Gasteiger partial charge in [0.25, 0.3) is 0 Å². The molecular weight excluding hydrogens is 312 g/mol. The van der Waals surface area contributed by atoms with Gasteiger partial charge in [-0.05, 0) is 12.1 Å². The standard InChI is InChI=1S/C13H10O.C9H6O2/c14-13(11-7-3-1-4-8-11)12-9-5-2-6-10-12;10-9-6-5-7-3-1-2-4-8(7)11-9/h1-10H;1-6H. The molecule has 0 saturated carbocycles. The Kier molecular flexibility index (Phi) is 5.17. The summed E-state index contributed by atoms with van der Waals surface area (Å²) in [4.78, 5) is 22.6. The molecule has 0 aliphatic rings. The van der Waals surface area contributed by atoms with Crippen molar-refractivity contribution in [1.29, 1.82) is 0 Å². The molecule has 4 rings (SSSR count). The van der Waals surface area contributed by atoms with Crippen molar-refractivity contribution < 1.29 is 9.21 Å². The Morgan fingerprint density at radius 2 is 1.12 bits per heavy atom. The van der Waals surface area contributed by atoms with E-state index in [0.29, 0.717) is 5.58 Å². The minimum Gasteiger partial charge on any atom is -0.423 e. The number of para-hydroxylation sites is 1. The number of fused-ring (bicyclic) bond motifs is 1. The van der Waals surface area contributed by atoms with Crippen LogP contribution < -0.4 is 5.63 Å². The van der Waals surface area contributed by atoms with Gasteiger partial charge in [0.15, 0.2) is 5.78 Å². The minimum atomic E-state index is -0.302. The first-order valence-corrected chi connectivity index (χ1v) is 7.88. The maximum atomic E-state index is 11.8. The fourth-order valence-corrected chi connectivity index (χ4v) is 2.36. The van der Waals surface area contributed by atoms with E-state index in [2.05, 4.69) is 0 Å². The average molecular weight is 328 g/mol. The van der Waals surface area contributed by atoms with Crippen LogP contribution in [-0.2, 0) is 0 Å². The molecule has 1 aromatic heterocycles. The number of rotatable bonds is 2. The van der Waals surface area contributed by atoms with E-state index >= 15 is 0 Å². The highest BCUT2D eigenvalue weighted by Gasteiger charge is 2.06. The van der Waals surface area contributed by atoms with E-state index < -0.39 is 0 Å². The van der Waals surface area contributed by atoms with Crippen LogP contribution in [0.4, 0.5) is 0 Å². The van der Waals surface area contributed by atoms with Crippen molar-refractivity contribution in [2.45, 2.75) is 0 Å². The zero-order valence-electron chi connectivity index (χ0n) is 13.5. The highest BCUT2D eigenvalue weighted by atomic mass is 16.4. The van der Waals surface area contributed by atoms with Gasteiger partial charge in [0, 0.05) is 22.6 Å². The Hall–Kier alpha value is -3.46. The fraction of sp³-hybridized carbons (Fsp3) is 0. The lowest BCUT2D eigenvalue weighted by molar-refractivity contribution is 0.103. The summed E-state index contributed by atoms with van der Waals surface area (Å²) in [5, 5.41) is 0.951. The SMILES string of the molecule is O=C(c1ccccc1)c1ccccc1.O=c1ccc2ccccc2o1. The summed E-state index contributed by atoms with van der Waals surface area (Å²) in [7, 11) is 0. The van der Waals surface area contributed by atoms with Crippen molar-refractivity contribution in [3.63, 3.8) is 0 Å². The minimum absolute atomic E-state index is 0.0752. The molecule has 3 aromatic carbocycles. The fourth-order valence-electron chi connectivity index (χ4n) is 2.36. The molecule has 0 aliphatic heterocycles. The Bertz CT molecular complexity index is 977. The van der Waals surface area contributed by atoms with Crippen LogP contribution in [0.3, 0.4) is 0 Å². The van der Waals surface area contributed by atoms with Crippen LogP contribution in [0.5, 0.6) is 0 Å². The number of ketones is 1. The molecule has 0 aliphatic carbocycles.